The molecular formula is C48H77NO12SSi. The summed E-state index contributed by atoms with van der Waals surface area (Å²) in [5, 5.41) is 13.9. The average Bonchev–Trinajstić information content (AvgIpc) is 3.22. The van der Waals surface area contributed by atoms with Gasteiger partial charge in [0.1, 0.15) is 24.4 Å². The molecule has 0 aliphatic carbocycles. The third kappa shape index (κ3) is 21.6. The summed E-state index contributed by atoms with van der Waals surface area (Å²) in [6.07, 6.45) is 6.95. The number of hydrogen-bond donors (Lipinski definition) is 3. The Morgan fingerprint density at radius 1 is 0.762 bits per heavy atom. The largest absolute Gasteiger partial charge is 0.462 e. The second-order valence-electron chi connectivity index (χ2n) is 18.5. The Morgan fingerprint density at radius 2 is 1.29 bits per heavy atom. The first-order chi connectivity index (χ1) is 29.9. The lowest BCUT2D eigenvalue weighted by Gasteiger charge is -2.45. The van der Waals surface area contributed by atoms with Gasteiger partial charge in [0.2, 0.25) is 5.91 Å². The molecular weight excluding hydrogens is 843 g/mol. The van der Waals surface area contributed by atoms with Gasteiger partial charge in [-0.15, -0.1) is 0 Å². The Kier molecular flexibility index (Phi) is 24.1. The number of nitrogens with one attached hydrogen (secondary N) is 1. The normalized spacial score (nSPS) is 19.9. The standard InChI is InChI=1S/C48H77NO12SSi/c1-7-8-9-10-11-12-13-14-21-32-39(58-42(51)33-24-22-30-37-26-17-15-18-27-37)35-41(50)49-44-46(60-43(52)34-25-23-31-38-28-19-16-20-29-38)45(61-62(54,55)56)40(59-47(44)53)36-57-63(5,6)48(2,3)4/h15-20,26-29,39-40,44-47,53H,7-14,21-25,30-36H2,1-6H3,(H,49,50)(H,54,55,56)/t39-,40+,44+,45+,46+,47?/m0/s1. The minimum Gasteiger partial charge on any atom is -0.462 e. The van der Waals surface area contributed by atoms with Crippen molar-refractivity contribution in [1.29, 1.82) is 0 Å². The van der Waals surface area contributed by atoms with Crippen molar-refractivity contribution in [3.05, 3.63) is 71.8 Å². The third-order valence-corrected chi connectivity index (χ3v) is 17.1. The van der Waals surface area contributed by atoms with Gasteiger partial charge in [-0.1, -0.05) is 140 Å². The molecule has 3 N–H and O–H groups in total. The fourth-order valence-corrected chi connectivity index (χ4v) is 8.92. The van der Waals surface area contributed by atoms with Crippen molar-refractivity contribution in [2.45, 2.75) is 205 Å². The Bertz CT molecular complexity index is 1720. The molecule has 1 saturated heterocycles. The second kappa shape index (κ2) is 28.0. The molecule has 0 radical (unpaired) electrons. The van der Waals surface area contributed by atoms with E-state index in [0.717, 1.165) is 50.5 Å². The molecule has 3 rings (SSSR count). The summed E-state index contributed by atoms with van der Waals surface area (Å²) in [5.41, 5.74) is 2.29. The van der Waals surface area contributed by atoms with Crippen LogP contribution in [-0.4, -0.2) is 87.6 Å². The predicted molar refractivity (Wildman–Crippen MR) is 247 cm³/mol. The van der Waals surface area contributed by atoms with Crippen molar-refractivity contribution in [3.63, 3.8) is 0 Å². The van der Waals surface area contributed by atoms with Crippen molar-refractivity contribution in [1.82, 2.24) is 5.32 Å². The molecule has 0 spiro atoms. The van der Waals surface area contributed by atoms with Crippen LogP contribution in [-0.2, 0) is 60.4 Å². The Labute approximate surface area is 378 Å². The molecule has 1 aliphatic heterocycles. The molecule has 2 aromatic carbocycles. The van der Waals surface area contributed by atoms with Gasteiger partial charge in [0.05, 0.1) is 13.0 Å². The molecule has 63 heavy (non-hydrogen) atoms. The number of carbonyl (C=O) groups is 3. The number of amides is 1. The van der Waals surface area contributed by atoms with Crippen LogP contribution in [0, 0.1) is 0 Å². The van der Waals surface area contributed by atoms with Crippen LogP contribution in [0.2, 0.25) is 18.1 Å². The van der Waals surface area contributed by atoms with Crippen LogP contribution in [0.4, 0.5) is 0 Å². The number of hydrogen-bond acceptors (Lipinski definition) is 11. The molecule has 356 valence electrons. The van der Waals surface area contributed by atoms with Gasteiger partial charge in [0, 0.05) is 12.8 Å². The molecule has 1 amide bonds. The van der Waals surface area contributed by atoms with E-state index in [9.17, 15) is 32.5 Å². The molecule has 1 fully saturated rings. The highest BCUT2D eigenvalue weighted by Crippen LogP contribution is 2.37. The Balaban J connectivity index is 1.77. The van der Waals surface area contributed by atoms with Crippen LogP contribution in [0.15, 0.2) is 60.7 Å². The number of carbonyl (C=O) groups excluding carboxylic acids is 3. The van der Waals surface area contributed by atoms with E-state index in [1.807, 2.05) is 94.5 Å². The van der Waals surface area contributed by atoms with Gasteiger partial charge in [-0.2, -0.15) is 8.42 Å². The van der Waals surface area contributed by atoms with E-state index in [4.69, 9.17) is 22.8 Å². The number of aliphatic hydroxyl groups excluding tert-OH is 1. The smallest absolute Gasteiger partial charge is 0.397 e. The number of benzene rings is 2. The van der Waals surface area contributed by atoms with Crippen LogP contribution < -0.4 is 5.32 Å². The number of esters is 2. The van der Waals surface area contributed by atoms with Crippen molar-refractivity contribution < 1.29 is 55.3 Å². The number of unbranched alkanes of at least 4 members (excludes halogenated alkanes) is 10. The Hall–Kier alpha value is -3.18. The first-order valence-electron chi connectivity index (χ1n) is 23.3. The van der Waals surface area contributed by atoms with Crippen molar-refractivity contribution in [2.75, 3.05) is 6.61 Å². The summed E-state index contributed by atoms with van der Waals surface area (Å²) in [6, 6.07) is 18.3. The minimum atomic E-state index is -5.18. The maximum Gasteiger partial charge on any atom is 0.397 e. The van der Waals surface area contributed by atoms with Crippen LogP contribution in [0.5, 0.6) is 0 Å². The number of ether oxygens (including phenoxy) is 3. The van der Waals surface area contributed by atoms with E-state index >= 15 is 0 Å². The second-order valence-corrected chi connectivity index (χ2v) is 24.3. The van der Waals surface area contributed by atoms with Crippen LogP contribution in [0.3, 0.4) is 0 Å². The van der Waals surface area contributed by atoms with Crippen LogP contribution >= 0.6 is 0 Å². The maximum atomic E-state index is 13.9. The molecule has 13 nitrogen and oxygen atoms in total. The molecule has 0 aromatic heterocycles. The van der Waals surface area contributed by atoms with E-state index in [-0.39, 0.29) is 30.9 Å². The molecule has 6 atom stereocenters. The lowest BCUT2D eigenvalue weighted by Crippen LogP contribution is -2.66. The lowest BCUT2D eigenvalue weighted by molar-refractivity contribution is -0.253. The maximum absolute atomic E-state index is 13.9. The fraction of sp³-hybridized carbons (Fsp3) is 0.688. The summed E-state index contributed by atoms with van der Waals surface area (Å²) in [5.74, 6) is -1.78. The van der Waals surface area contributed by atoms with Crippen molar-refractivity contribution >= 4 is 36.6 Å². The molecule has 2 aromatic rings. The summed E-state index contributed by atoms with van der Waals surface area (Å²) in [4.78, 5) is 40.5. The first-order valence-corrected chi connectivity index (χ1v) is 27.5. The van der Waals surface area contributed by atoms with E-state index < -0.39 is 73.3 Å². The third-order valence-electron chi connectivity index (χ3n) is 12.1. The predicted octanol–water partition coefficient (Wildman–Crippen LogP) is 9.36. The van der Waals surface area contributed by atoms with Gasteiger partial charge in [0.15, 0.2) is 20.7 Å². The highest BCUT2D eigenvalue weighted by molar-refractivity contribution is 7.80. The summed E-state index contributed by atoms with van der Waals surface area (Å²) < 4.78 is 63.8. The van der Waals surface area contributed by atoms with E-state index in [1.165, 1.54) is 37.7 Å². The summed E-state index contributed by atoms with van der Waals surface area (Å²) in [6.45, 7) is 11.9. The zero-order valence-electron chi connectivity index (χ0n) is 38.8. The first kappa shape index (κ1) is 54.2. The number of aryl methyl sites for hydroxylation is 2. The van der Waals surface area contributed by atoms with Crippen molar-refractivity contribution in [3.8, 4) is 0 Å². The zero-order chi connectivity index (χ0) is 46.3. The minimum absolute atomic E-state index is 0.0488. The topological polar surface area (TPSA) is 184 Å². The highest BCUT2D eigenvalue weighted by Gasteiger charge is 2.52. The summed E-state index contributed by atoms with van der Waals surface area (Å²) >= 11 is 0. The molecule has 1 unspecified atom stereocenters. The fourth-order valence-electron chi connectivity index (χ4n) is 7.39. The van der Waals surface area contributed by atoms with Gasteiger partial charge in [-0.25, -0.2) is 4.18 Å². The summed E-state index contributed by atoms with van der Waals surface area (Å²) in [7, 11) is -7.66. The van der Waals surface area contributed by atoms with Gasteiger partial charge >= 0.3 is 22.3 Å². The molecule has 15 heteroatoms. The molecule has 0 bridgehead atoms. The Morgan fingerprint density at radius 3 is 1.81 bits per heavy atom. The van der Waals surface area contributed by atoms with E-state index in [1.54, 1.807) is 0 Å². The quantitative estimate of drug-likeness (QED) is 0.0293. The van der Waals surface area contributed by atoms with E-state index in [0.29, 0.717) is 25.7 Å². The SMILES string of the molecule is CCCCCCCCCCC[C@@H](CC(=O)N[C@H]1C(O)O[C@H](CO[Si](C)(C)C(C)(C)C)[C@@H](OS(=O)(=O)O)[C@@H]1OC(=O)CCCCc1ccccc1)OC(=O)CCCCc1ccccc1. The monoisotopic (exact) mass is 919 g/mol. The molecule has 1 heterocycles. The number of rotatable bonds is 30. The van der Waals surface area contributed by atoms with Crippen LogP contribution in [0.1, 0.15) is 148 Å². The molecule has 0 saturated carbocycles. The van der Waals surface area contributed by atoms with E-state index in [2.05, 4.69) is 12.2 Å². The number of aliphatic hydroxyl groups is 1. The van der Waals surface area contributed by atoms with Crippen molar-refractivity contribution in [2.24, 2.45) is 0 Å². The average molecular weight is 920 g/mol. The zero-order valence-corrected chi connectivity index (χ0v) is 40.6. The van der Waals surface area contributed by atoms with Gasteiger partial charge in [-0.3, -0.25) is 18.9 Å². The van der Waals surface area contributed by atoms with Crippen LogP contribution in [0.25, 0.3) is 0 Å². The molecule has 1 aliphatic rings. The van der Waals surface area contributed by atoms with Gasteiger partial charge in [-0.05, 0) is 80.6 Å². The van der Waals surface area contributed by atoms with Gasteiger partial charge in [0.25, 0.3) is 0 Å². The van der Waals surface area contributed by atoms with Gasteiger partial charge < -0.3 is 29.1 Å². The highest BCUT2D eigenvalue weighted by atomic mass is 32.3. The lowest BCUT2D eigenvalue weighted by atomic mass is 9.96.